The lowest BCUT2D eigenvalue weighted by Crippen LogP contribution is -2.45. The fourth-order valence-corrected chi connectivity index (χ4v) is 2.60. The highest BCUT2D eigenvalue weighted by Crippen LogP contribution is 2.14. The topological polar surface area (TPSA) is 58.4 Å². The minimum Gasteiger partial charge on any atom is -0.354 e. The molecule has 1 fully saturated rings. The van der Waals surface area contributed by atoms with E-state index >= 15 is 0 Å². The molecule has 4 nitrogen and oxygen atoms in total. The van der Waals surface area contributed by atoms with E-state index in [1.54, 1.807) is 0 Å². The normalized spacial score (nSPS) is 18.7. The molecule has 0 aromatic heterocycles. The first-order valence-electron chi connectivity index (χ1n) is 7.41. The zero-order valence-electron chi connectivity index (χ0n) is 12.2. The molecular weight excluding hydrogens is 250 g/mol. The van der Waals surface area contributed by atoms with Crippen LogP contribution >= 0.6 is 0 Å². The van der Waals surface area contributed by atoms with Crippen LogP contribution in [-0.2, 0) is 11.2 Å². The lowest BCUT2D eigenvalue weighted by Gasteiger charge is -2.29. The number of benzene rings is 1. The van der Waals surface area contributed by atoms with E-state index in [4.69, 9.17) is 5.73 Å². The number of nitrogens with one attached hydrogen (secondary N) is 1. The van der Waals surface area contributed by atoms with Gasteiger partial charge in [-0.2, -0.15) is 0 Å². The Hall–Kier alpha value is -1.39. The van der Waals surface area contributed by atoms with Crippen molar-refractivity contribution in [1.82, 2.24) is 10.2 Å². The summed E-state index contributed by atoms with van der Waals surface area (Å²) in [5.74, 6) is 0.562. The Morgan fingerprint density at radius 3 is 2.65 bits per heavy atom. The number of hydrogen-bond acceptors (Lipinski definition) is 3. The number of likely N-dealkylation sites (tertiary alicyclic amines) is 1. The van der Waals surface area contributed by atoms with Crippen LogP contribution in [0.25, 0.3) is 0 Å². The molecular formula is C16H25N3O. The zero-order chi connectivity index (χ0) is 14.4. The van der Waals surface area contributed by atoms with Crippen LogP contribution < -0.4 is 11.1 Å². The van der Waals surface area contributed by atoms with Crippen molar-refractivity contribution in [2.24, 2.45) is 11.7 Å². The van der Waals surface area contributed by atoms with Crippen molar-refractivity contribution in [3.8, 4) is 0 Å². The molecule has 2 rings (SSSR count). The molecule has 0 radical (unpaired) electrons. The smallest absolute Gasteiger partial charge is 0.237 e. The Kier molecular flexibility index (Phi) is 5.56. The van der Waals surface area contributed by atoms with E-state index in [0.29, 0.717) is 12.3 Å². The van der Waals surface area contributed by atoms with Crippen molar-refractivity contribution in [1.29, 1.82) is 0 Å². The van der Waals surface area contributed by atoms with Gasteiger partial charge in [-0.25, -0.2) is 0 Å². The van der Waals surface area contributed by atoms with E-state index in [1.807, 2.05) is 30.3 Å². The molecule has 0 bridgehead atoms. The van der Waals surface area contributed by atoms with Crippen LogP contribution in [0.3, 0.4) is 0 Å². The minimum absolute atomic E-state index is 0.0345. The van der Waals surface area contributed by atoms with E-state index in [0.717, 1.165) is 38.0 Å². The van der Waals surface area contributed by atoms with Crippen molar-refractivity contribution in [2.45, 2.75) is 25.3 Å². The van der Waals surface area contributed by atoms with Crippen LogP contribution in [0.5, 0.6) is 0 Å². The van der Waals surface area contributed by atoms with Crippen molar-refractivity contribution < 1.29 is 4.79 Å². The van der Waals surface area contributed by atoms with Crippen molar-refractivity contribution in [2.75, 3.05) is 26.7 Å². The number of hydrogen-bond donors (Lipinski definition) is 2. The SMILES string of the molecule is CN1CCC(CNC(=O)[C@@H](N)Cc2ccccc2)CC1. The van der Waals surface area contributed by atoms with Gasteiger partial charge in [0.25, 0.3) is 0 Å². The second-order valence-corrected chi connectivity index (χ2v) is 5.79. The zero-order valence-corrected chi connectivity index (χ0v) is 12.2. The third-order valence-electron chi connectivity index (χ3n) is 4.04. The number of rotatable bonds is 5. The summed E-state index contributed by atoms with van der Waals surface area (Å²) in [7, 11) is 2.14. The highest BCUT2D eigenvalue weighted by molar-refractivity contribution is 5.81. The average molecular weight is 275 g/mol. The number of carbonyl (C=O) groups excluding carboxylic acids is 1. The van der Waals surface area contributed by atoms with E-state index < -0.39 is 6.04 Å². The molecule has 1 saturated heterocycles. The molecule has 1 atom stereocenters. The highest BCUT2D eigenvalue weighted by atomic mass is 16.2. The molecule has 1 amide bonds. The van der Waals surface area contributed by atoms with Crippen LogP contribution in [0.1, 0.15) is 18.4 Å². The van der Waals surface area contributed by atoms with E-state index in [9.17, 15) is 4.79 Å². The van der Waals surface area contributed by atoms with Gasteiger partial charge in [-0.05, 0) is 50.9 Å². The van der Waals surface area contributed by atoms with Gasteiger partial charge in [-0.15, -0.1) is 0 Å². The molecule has 1 aliphatic heterocycles. The first-order chi connectivity index (χ1) is 9.65. The second-order valence-electron chi connectivity index (χ2n) is 5.79. The van der Waals surface area contributed by atoms with Crippen molar-refractivity contribution >= 4 is 5.91 Å². The van der Waals surface area contributed by atoms with Crippen molar-refractivity contribution in [3.63, 3.8) is 0 Å². The molecule has 1 aromatic rings. The third kappa shape index (κ3) is 4.62. The van der Waals surface area contributed by atoms with Crippen LogP contribution in [0.2, 0.25) is 0 Å². The van der Waals surface area contributed by atoms with E-state index in [2.05, 4.69) is 17.3 Å². The molecule has 0 saturated carbocycles. The van der Waals surface area contributed by atoms with Gasteiger partial charge in [-0.3, -0.25) is 4.79 Å². The fourth-order valence-electron chi connectivity index (χ4n) is 2.60. The molecule has 110 valence electrons. The number of piperidine rings is 1. The molecule has 1 aliphatic rings. The predicted molar refractivity (Wildman–Crippen MR) is 81.4 cm³/mol. The minimum atomic E-state index is -0.455. The lowest BCUT2D eigenvalue weighted by atomic mass is 9.97. The monoisotopic (exact) mass is 275 g/mol. The number of amides is 1. The molecule has 20 heavy (non-hydrogen) atoms. The summed E-state index contributed by atoms with van der Waals surface area (Å²) in [6.45, 7) is 3.00. The van der Waals surface area contributed by atoms with Gasteiger partial charge in [0.05, 0.1) is 6.04 Å². The first kappa shape index (κ1) is 15.0. The van der Waals surface area contributed by atoms with Gasteiger partial charge in [-0.1, -0.05) is 30.3 Å². The van der Waals surface area contributed by atoms with Crippen LogP contribution in [-0.4, -0.2) is 43.5 Å². The summed E-state index contributed by atoms with van der Waals surface area (Å²) in [5.41, 5.74) is 7.07. The Morgan fingerprint density at radius 1 is 1.35 bits per heavy atom. The molecule has 4 heteroatoms. The number of nitrogens with zero attached hydrogens (tertiary/aromatic N) is 1. The third-order valence-corrected chi connectivity index (χ3v) is 4.04. The fraction of sp³-hybridized carbons (Fsp3) is 0.562. The standard InChI is InChI=1S/C16H25N3O/c1-19-9-7-14(8-10-19)12-18-16(20)15(17)11-13-5-3-2-4-6-13/h2-6,14-15H,7-12,17H2,1H3,(H,18,20)/t15-/m0/s1. The summed E-state index contributed by atoms with van der Waals surface area (Å²) in [6, 6.07) is 9.46. The summed E-state index contributed by atoms with van der Waals surface area (Å²) < 4.78 is 0. The summed E-state index contributed by atoms with van der Waals surface area (Å²) >= 11 is 0. The Bertz CT molecular complexity index is 413. The van der Waals surface area contributed by atoms with Crippen molar-refractivity contribution in [3.05, 3.63) is 35.9 Å². The average Bonchev–Trinajstić information content (AvgIpc) is 2.47. The number of carbonyl (C=O) groups is 1. The van der Waals surface area contributed by atoms with E-state index in [-0.39, 0.29) is 5.91 Å². The second kappa shape index (κ2) is 7.41. The molecule has 1 heterocycles. The van der Waals surface area contributed by atoms with Gasteiger partial charge < -0.3 is 16.0 Å². The van der Waals surface area contributed by atoms with Crippen LogP contribution in [0.15, 0.2) is 30.3 Å². The quantitative estimate of drug-likeness (QED) is 0.843. The van der Waals surface area contributed by atoms with Gasteiger partial charge in [0.2, 0.25) is 5.91 Å². The maximum absolute atomic E-state index is 12.0. The van der Waals surface area contributed by atoms with Crippen LogP contribution in [0, 0.1) is 5.92 Å². The molecule has 3 N–H and O–H groups in total. The largest absolute Gasteiger partial charge is 0.354 e. The predicted octanol–water partition coefficient (Wildman–Crippen LogP) is 1.01. The van der Waals surface area contributed by atoms with Gasteiger partial charge in [0.1, 0.15) is 0 Å². The lowest BCUT2D eigenvalue weighted by molar-refractivity contribution is -0.122. The maximum Gasteiger partial charge on any atom is 0.237 e. The maximum atomic E-state index is 12.0. The highest BCUT2D eigenvalue weighted by Gasteiger charge is 2.19. The summed E-state index contributed by atoms with van der Waals surface area (Å²) in [6.07, 6.45) is 2.91. The van der Waals surface area contributed by atoms with Crippen LogP contribution in [0.4, 0.5) is 0 Å². The molecule has 1 aromatic carbocycles. The summed E-state index contributed by atoms with van der Waals surface area (Å²) in [5, 5.41) is 3.00. The molecule has 0 spiro atoms. The van der Waals surface area contributed by atoms with Gasteiger partial charge in [0, 0.05) is 6.54 Å². The van der Waals surface area contributed by atoms with E-state index in [1.165, 1.54) is 0 Å². The van der Waals surface area contributed by atoms with Gasteiger partial charge in [0.15, 0.2) is 0 Å². The first-order valence-corrected chi connectivity index (χ1v) is 7.41. The summed E-state index contributed by atoms with van der Waals surface area (Å²) in [4.78, 5) is 14.3. The molecule has 0 aliphatic carbocycles. The number of nitrogens with two attached hydrogens (primary N) is 1. The van der Waals surface area contributed by atoms with Gasteiger partial charge >= 0.3 is 0 Å². The Labute approximate surface area is 121 Å². The Balaban J connectivity index is 1.71. The molecule has 0 unspecified atom stereocenters. The Morgan fingerprint density at radius 2 is 2.00 bits per heavy atom.